The second kappa shape index (κ2) is 14.1. The minimum Gasteiger partial charge on any atom is -0.342 e. The third kappa shape index (κ3) is 7.60. The number of hydrogen-bond donors (Lipinski definition) is 3. The van der Waals surface area contributed by atoms with Crippen LogP contribution in [0, 0.1) is 0 Å². The van der Waals surface area contributed by atoms with E-state index in [1.54, 1.807) is 42.5 Å². The Morgan fingerprint density at radius 1 is 0.976 bits per heavy atom. The molecule has 2 atom stereocenters. The zero-order valence-electron chi connectivity index (χ0n) is 23.1. The lowest BCUT2D eigenvalue weighted by molar-refractivity contribution is -0.142. The molecule has 0 unspecified atom stereocenters. The van der Waals surface area contributed by atoms with E-state index in [0.29, 0.717) is 29.1 Å². The van der Waals surface area contributed by atoms with Gasteiger partial charge in [-0.2, -0.15) is 0 Å². The highest BCUT2D eigenvalue weighted by Gasteiger charge is 2.36. The first kappa shape index (κ1) is 30.0. The minimum atomic E-state index is -0.901. The lowest BCUT2D eigenvalue weighted by Gasteiger charge is -2.36. The Morgan fingerprint density at radius 3 is 2.39 bits per heavy atom. The first-order valence-corrected chi connectivity index (χ1v) is 14.2. The van der Waals surface area contributed by atoms with Crippen molar-refractivity contribution in [1.82, 2.24) is 10.2 Å². The molecule has 3 aromatic rings. The van der Waals surface area contributed by atoms with Gasteiger partial charge in [0, 0.05) is 42.1 Å². The van der Waals surface area contributed by atoms with Gasteiger partial charge >= 0.3 is 0 Å². The molecule has 0 aromatic heterocycles. The summed E-state index contributed by atoms with van der Waals surface area (Å²) >= 11 is 6.21. The molecule has 0 fully saturated rings. The lowest BCUT2D eigenvalue weighted by atomic mass is 9.92. The SMILES string of the molecule is CCc1cc(NC(=O)[C@H](CCN)NC(=O)[C@@H]2Cc3ccccc3CN2C(=O)CCC(=O)c2ccccc2)ccc1Cl. The van der Waals surface area contributed by atoms with Crippen LogP contribution in [0.4, 0.5) is 5.69 Å². The van der Waals surface area contributed by atoms with E-state index >= 15 is 0 Å². The largest absolute Gasteiger partial charge is 0.342 e. The number of rotatable bonds is 11. The van der Waals surface area contributed by atoms with Crippen molar-refractivity contribution in [2.45, 2.75) is 57.7 Å². The molecule has 8 nitrogen and oxygen atoms in total. The molecule has 214 valence electrons. The highest BCUT2D eigenvalue weighted by Crippen LogP contribution is 2.25. The second-order valence-corrected chi connectivity index (χ2v) is 10.5. The Bertz CT molecular complexity index is 1410. The van der Waals surface area contributed by atoms with Crippen molar-refractivity contribution in [3.05, 3.63) is 100 Å². The Morgan fingerprint density at radius 2 is 1.68 bits per heavy atom. The van der Waals surface area contributed by atoms with Crippen molar-refractivity contribution in [3.63, 3.8) is 0 Å². The monoisotopic (exact) mass is 574 g/mol. The van der Waals surface area contributed by atoms with Crippen LogP contribution in [-0.2, 0) is 33.8 Å². The van der Waals surface area contributed by atoms with Gasteiger partial charge < -0.3 is 21.3 Å². The Hall–Kier alpha value is -4.01. The van der Waals surface area contributed by atoms with E-state index < -0.39 is 23.9 Å². The van der Waals surface area contributed by atoms with Gasteiger partial charge in [0.05, 0.1) is 0 Å². The molecule has 1 aliphatic heterocycles. The lowest BCUT2D eigenvalue weighted by Crippen LogP contribution is -2.56. The molecule has 3 amide bonds. The van der Waals surface area contributed by atoms with Crippen LogP contribution in [0.25, 0.3) is 0 Å². The van der Waals surface area contributed by atoms with E-state index in [0.717, 1.165) is 16.7 Å². The molecule has 9 heteroatoms. The zero-order valence-corrected chi connectivity index (χ0v) is 23.8. The molecule has 0 spiro atoms. The number of nitrogens with zero attached hydrogens (tertiary/aromatic N) is 1. The summed E-state index contributed by atoms with van der Waals surface area (Å²) in [6.07, 6.45) is 1.23. The minimum absolute atomic E-state index is 0.0251. The Labute approximate surface area is 245 Å². The molecule has 0 aliphatic carbocycles. The number of aryl methyl sites for hydroxylation is 1. The maximum absolute atomic E-state index is 13.7. The number of hydrogen-bond acceptors (Lipinski definition) is 5. The van der Waals surface area contributed by atoms with E-state index in [1.165, 1.54) is 4.90 Å². The van der Waals surface area contributed by atoms with Crippen LogP contribution in [0.15, 0.2) is 72.8 Å². The van der Waals surface area contributed by atoms with Crippen molar-refractivity contribution in [3.8, 4) is 0 Å². The normalized spacial score (nSPS) is 15.0. The molecule has 0 saturated heterocycles. The van der Waals surface area contributed by atoms with Gasteiger partial charge in [0.25, 0.3) is 0 Å². The number of anilines is 1. The van der Waals surface area contributed by atoms with Gasteiger partial charge in [-0.1, -0.05) is 73.1 Å². The number of ketones is 1. The number of Topliss-reactive ketones (excluding diaryl/α,β-unsaturated/α-hetero) is 1. The van der Waals surface area contributed by atoms with Crippen LogP contribution in [0.2, 0.25) is 5.02 Å². The summed E-state index contributed by atoms with van der Waals surface area (Å²) in [5, 5.41) is 6.30. The van der Waals surface area contributed by atoms with Crippen LogP contribution >= 0.6 is 11.6 Å². The molecule has 41 heavy (non-hydrogen) atoms. The van der Waals surface area contributed by atoms with Gasteiger partial charge in [0.1, 0.15) is 12.1 Å². The number of carbonyl (C=O) groups excluding carboxylic acids is 4. The third-order valence-corrected chi connectivity index (χ3v) is 7.68. The molecular weight excluding hydrogens is 540 g/mol. The fourth-order valence-corrected chi connectivity index (χ4v) is 5.26. The van der Waals surface area contributed by atoms with E-state index in [1.807, 2.05) is 37.3 Å². The average molecular weight is 575 g/mol. The predicted molar refractivity (Wildman–Crippen MR) is 160 cm³/mol. The first-order chi connectivity index (χ1) is 19.8. The standard InChI is InChI=1S/C32H35ClN4O4/c1-2-21-18-25(12-13-26(21)33)35-31(40)27(16-17-34)36-32(41)28-19-23-10-6-7-11-24(23)20-37(28)30(39)15-14-29(38)22-8-4-3-5-9-22/h3-13,18,27-28H,2,14-17,19-20,34H2,1H3,(H,35,40)(H,36,41)/t27-,28-/m0/s1. The van der Waals surface area contributed by atoms with E-state index in [2.05, 4.69) is 10.6 Å². The number of nitrogens with one attached hydrogen (secondary N) is 2. The maximum Gasteiger partial charge on any atom is 0.246 e. The first-order valence-electron chi connectivity index (χ1n) is 13.8. The molecule has 0 radical (unpaired) electrons. The average Bonchev–Trinajstić information content (AvgIpc) is 3.00. The number of halogens is 1. The summed E-state index contributed by atoms with van der Waals surface area (Å²) in [6.45, 7) is 2.39. The van der Waals surface area contributed by atoms with Crippen molar-refractivity contribution in [2.75, 3.05) is 11.9 Å². The number of carbonyl (C=O) groups is 4. The van der Waals surface area contributed by atoms with Crippen LogP contribution in [0.5, 0.6) is 0 Å². The Balaban J connectivity index is 1.49. The summed E-state index contributed by atoms with van der Waals surface area (Å²) in [7, 11) is 0. The van der Waals surface area contributed by atoms with Crippen molar-refractivity contribution in [1.29, 1.82) is 0 Å². The Kier molecular flexibility index (Phi) is 10.3. The summed E-state index contributed by atoms with van der Waals surface area (Å²) in [5.41, 5.74) is 9.71. The number of nitrogens with two attached hydrogens (primary N) is 1. The van der Waals surface area contributed by atoms with Crippen molar-refractivity contribution < 1.29 is 19.2 Å². The third-order valence-electron chi connectivity index (χ3n) is 7.32. The summed E-state index contributed by atoms with van der Waals surface area (Å²) in [6, 6.07) is 20.0. The van der Waals surface area contributed by atoms with Crippen LogP contribution in [0.3, 0.4) is 0 Å². The van der Waals surface area contributed by atoms with E-state index in [9.17, 15) is 19.2 Å². The maximum atomic E-state index is 13.7. The van der Waals surface area contributed by atoms with Crippen molar-refractivity contribution in [2.24, 2.45) is 5.73 Å². The van der Waals surface area contributed by atoms with E-state index in [-0.39, 0.29) is 44.0 Å². The second-order valence-electron chi connectivity index (χ2n) is 10.1. The van der Waals surface area contributed by atoms with E-state index in [4.69, 9.17) is 17.3 Å². The predicted octanol–water partition coefficient (Wildman–Crippen LogP) is 4.29. The quantitative estimate of drug-likeness (QED) is 0.295. The highest BCUT2D eigenvalue weighted by molar-refractivity contribution is 6.31. The molecule has 0 saturated carbocycles. The summed E-state index contributed by atoms with van der Waals surface area (Å²) < 4.78 is 0. The van der Waals surface area contributed by atoms with Gasteiger partial charge in [-0.05, 0) is 54.3 Å². The van der Waals surface area contributed by atoms with Crippen LogP contribution in [0.1, 0.15) is 53.2 Å². The number of fused-ring (bicyclic) bond motifs is 1. The topological polar surface area (TPSA) is 122 Å². The molecule has 3 aromatic carbocycles. The molecule has 1 heterocycles. The molecular formula is C32H35ClN4O4. The smallest absolute Gasteiger partial charge is 0.246 e. The summed E-state index contributed by atoms with van der Waals surface area (Å²) in [4.78, 5) is 54.4. The van der Waals surface area contributed by atoms with Gasteiger partial charge in [-0.3, -0.25) is 19.2 Å². The van der Waals surface area contributed by atoms with Crippen LogP contribution < -0.4 is 16.4 Å². The van der Waals surface area contributed by atoms with Gasteiger partial charge in [0.2, 0.25) is 17.7 Å². The zero-order chi connectivity index (χ0) is 29.4. The molecule has 4 N–H and O–H groups in total. The van der Waals surface area contributed by atoms with Gasteiger partial charge in [0.15, 0.2) is 5.78 Å². The molecule has 0 bridgehead atoms. The summed E-state index contributed by atoms with van der Waals surface area (Å²) in [5.74, 6) is -1.28. The number of amides is 3. The van der Waals surface area contributed by atoms with Gasteiger partial charge in [-0.25, -0.2) is 0 Å². The molecule has 1 aliphatic rings. The van der Waals surface area contributed by atoms with Gasteiger partial charge in [-0.15, -0.1) is 0 Å². The highest BCUT2D eigenvalue weighted by atomic mass is 35.5. The molecule has 4 rings (SSSR count). The van der Waals surface area contributed by atoms with Crippen molar-refractivity contribution >= 4 is 40.8 Å². The number of benzene rings is 3. The fraction of sp³-hybridized carbons (Fsp3) is 0.312. The van der Waals surface area contributed by atoms with Crippen LogP contribution in [-0.4, -0.2) is 47.0 Å². The fourth-order valence-electron chi connectivity index (χ4n) is 5.01.